The second kappa shape index (κ2) is 6.85. The number of primary amides is 1. The maximum atomic E-state index is 11.1. The molecule has 2 aromatic rings. The largest absolute Gasteiger partial charge is 0.361 e. The minimum absolute atomic E-state index is 0.518. The van der Waals surface area contributed by atoms with Crippen LogP contribution >= 0.6 is 23.2 Å². The number of rotatable bonds is 3. The van der Waals surface area contributed by atoms with Gasteiger partial charge in [-0.1, -0.05) is 23.2 Å². The van der Waals surface area contributed by atoms with Gasteiger partial charge in [-0.25, -0.2) is 5.43 Å². The molecule has 1 aromatic heterocycles. The lowest BCUT2D eigenvalue weighted by Gasteiger charge is -2.11. The second-order valence-corrected chi connectivity index (χ2v) is 5.66. The molecule has 0 bridgehead atoms. The van der Waals surface area contributed by atoms with E-state index in [0.29, 0.717) is 10.0 Å². The molecule has 1 aromatic carbocycles. The Labute approximate surface area is 142 Å². The summed E-state index contributed by atoms with van der Waals surface area (Å²) in [5.41, 5.74) is 10.2. The van der Waals surface area contributed by atoms with Crippen molar-refractivity contribution >= 4 is 41.2 Å². The molecule has 0 fully saturated rings. The molecule has 2 amide bonds. The molecule has 1 heterocycles. The monoisotopic (exact) mass is 352 g/mol. The van der Waals surface area contributed by atoms with Gasteiger partial charge in [-0.2, -0.15) is 5.10 Å². The summed E-state index contributed by atoms with van der Waals surface area (Å²) >= 11 is 12.2. The average Bonchev–Trinajstić information content (AvgIpc) is 2.74. The van der Waals surface area contributed by atoms with Gasteiger partial charge >= 0.3 is 11.8 Å². The molecule has 6 nitrogen and oxygen atoms in total. The van der Waals surface area contributed by atoms with E-state index in [0.717, 1.165) is 22.6 Å². The Bertz CT molecular complexity index is 812. The minimum atomic E-state index is -1.10. The van der Waals surface area contributed by atoms with Gasteiger partial charge in [0.25, 0.3) is 0 Å². The molecule has 2 rings (SSSR count). The number of halogens is 2. The molecule has 0 spiro atoms. The van der Waals surface area contributed by atoms with Crippen molar-refractivity contribution in [1.82, 2.24) is 9.99 Å². The number of hydrogen-bond donors (Lipinski definition) is 2. The van der Waals surface area contributed by atoms with Crippen LogP contribution in [0.4, 0.5) is 0 Å². The summed E-state index contributed by atoms with van der Waals surface area (Å²) in [5.74, 6) is -2.07. The van der Waals surface area contributed by atoms with Gasteiger partial charge in [0.15, 0.2) is 0 Å². The van der Waals surface area contributed by atoms with Gasteiger partial charge in [0.1, 0.15) is 0 Å². The highest BCUT2D eigenvalue weighted by Crippen LogP contribution is 2.28. The van der Waals surface area contributed by atoms with E-state index < -0.39 is 11.8 Å². The molecule has 120 valence electrons. The van der Waals surface area contributed by atoms with Crippen molar-refractivity contribution in [3.05, 3.63) is 51.3 Å². The van der Waals surface area contributed by atoms with E-state index in [2.05, 4.69) is 5.10 Å². The molecule has 0 radical (unpaired) electrons. The van der Waals surface area contributed by atoms with Crippen LogP contribution in [0.1, 0.15) is 17.0 Å². The lowest BCUT2D eigenvalue weighted by Crippen LogP contribution is -2.32. The molecular formula is C15H14Cl2N4O2. The summed E-state index contributed by atoms with van der Waals surface area (Å²) in [4.78, 5) is 21.7. The fourth-order valence-corrected chi connectivity index (χ4v) is 2.66. The maximum Gasteiger partial charge on any atom is 0.329 e. The van der Waals surface area contributed by atoms with Crippen LogP contribution in [0.15, 0.2) is 29.4 Å². The van der Waals surface area contributed by atoms with Gasteiger partial charge in [-0.05, 0) is 38.1 Å². The first kappa shape index (κ1) is 17.1. The number of carbonyl (C=O) groups is 2. The zero-order valence-corrected chi connectivity index (χ0v) is 13.9. The topological polar surface area (TPSA) is 89.5 Å². The molecule has 0 atom stereocenters. The molecule has 0 aliphatic rings. The quantitative estimate of drug-likeness (QED) is 0.504. The number of carbonyl (C=O) groups excluding carboxylic acids is 2. The van der Waals surface area contributed by atoms with E-state index in [9.17, 15) is 9.59 Å². The first-order valence-electron chi connectivity index (χ1n) is 6.58. The SMILES string of the molecule is Cc1cc(/C=N\NC(=O)C(N)=O)c(C)n1-c1ccc(Cl)cc1Cl. The van der Waals surface area contributed by atoms with Crippen molar-refractivity contribution in [2.45, 2.75) is 13.8 Å². The van der Waals surface area contributed by atoms with E-state index in [1.165, 1.54) is 6.21 Å². The zero-order chi connectivity index (χ0) is 17.1. The van der Waals surface area contributed by atoms with Crippen LogP contribution in [0.25, 0.3) is 5.69 Å². The van der Waals surface area contributed by atoms with Gasteiger partial charge in [-0.15, -0.1) is 0 Å². The number of hydrazone groups is 1. The molecule has 3 N–H and O–H groups in total. The molecule has 0 aliphatic carbocycles. The molecular weight excluding hydrogens is 339 g/mol. The molecule has 0 aliphatic heterocycles. The third-order valence-corrected chi connectivity index (χ3v) is 3.75. The summed E-state index contributed by atoms with van der Waals surface area (Å²) in [5, 5.41) is 4.79. The van der Waals surface area contributed by atoms with Crippen molar-refractivity contribution in [1.29, 1.82) is 0 Å². The number of hydrogen-bond acceptors (Lipinski definition) is 3. The fraction of sp³-hybridized carbons (Fsp3) is 0.133. The van der Waals surface area contributed by atoms with Gasteiger partial charge in [0.05, 0.1) is 16.9 Å². The molecule has 0 saturated heterocycles. The van der Waals surface area contributed by atoms with E-state index >= 15 is 0 Å². The second-order valence-electron chi connectivity index (χ2n) is 4.82. The predicted octanol–water partition coefficient (Wildman–Crippen LogP) is 2.34. The van der Waals surface area contributed by atoms with E-state index in [1.807, 2.05) is 36.0 Å². The average molecular weight is 353 g/mol. The summed E-state index contributed by atoms with van der Waals surface area (Å²) < 4.78 is 1.94. The van der Waals surface area contributed by atoms with Crippen molar-refractivity contribution in [2.75, 3.05) is 0 Å². The third-order valence-electron chi connectivity index (χ3n) is 3.21. The Morgan fingerprint density at radius 2 is 1.96 bits per heavy atom. The Morgan fingerprint density at radius 1 is 1.26 bits per heavy atom. The van der Waals surface area contributed by atoms with Crippen LogP contribution in [0.5, 0.6) is 0 Å². The van der Waals surface area contributed by atoms with Gasteiger partial charge in [-0.3, -0.25) is 9.59 Å². The first-order valence-corrected chi connectivity index (χ1v) is 7.34. The van der Waals surface area contributed by atoms with Crippen molar-refractivity contribution in [2.24, 2.45) is 10.8 Å². The van der Waals surface area contributed by atoms with Crippen LogP contribution < -0.4 is 11.2 Å². The lowest BCUT2D eigenvalue weighted by molar-refractivity contribution is -0.137. The highest BCUT2D eigenvalue weighted by molar-refractivity contribution is 6.36. The Balaban J connectivity index is 2.34. The number of benzene rings is 1. The number of nitrogens with two attached hydrogens (primary N) is 1. The zero-order valence-electron chi connectivity index (χ0n) is 12.4. The molecule has 8 heteroatoms. The molecule has 23 heavy (non-hydrogen) atoms. The number of aryl methyl sites for hydroxylation is 1. The number of amides is 2. The van der Waals surface area contributed by atoms with Crippen molar-refractivity contribution < 1.29 is 9.59 Å². The number of nitrogens with zero attached hydrogens (tertiary/aromatic N) is 2. The van der Waals surface area contributed by atoms with E-state index in [4.69, 9.17) is 28.9 Å². The van der Waals surface area contributed by atoms with E-state index in [1.54, 1.807) is 12.1 Å². The lowest BCUT2D eigenvalue weighted by atomic mass is 10.2. The predicted molar refractivity (Wildman–Crippen MR) is 90.2 cm³/mol. The van der Waals surface area contributed by atoms with Crippen LogP contribution in [0.2, 0.25) is 10.0 Å². The van der Waals surface area contributed by atoms with Gasteiger partial charge in [0, 0.05) is 22.0 Å². The molecule has 0 unspecified atom stereocenters. The Kier molecular flexibility index (Phi) is 5.08. The summed E-state index contributed by atoms with van der Waals surface area (Å²) in [6.45, 7) is 3.80. The first-order chi connectivity index (χ1) is 10.8. The van der Waals surface area contributed by atoms with Crippen LogP contribution in [0.3, 0.4) is 0 Å². The smallest absolute Gasteiger partial charge is 0.329 e. The Morgan fingerprint density at radius 3 is 2.57 bits per heavy atom. The normalized spacial score (nSPS) is 11.0. The number of aromatic nitrogens is 1. The van der Waals surface area contributed by atoms with Gasteiger partial charge in [0.2, 0.25) is 0 Å². The molecule has 0 saturated carbocycles. The number of nitrogens with one attached hydrogen (secondary N) is 1. The minimum Gasteiger partial charge on any atom is -0.361 e. The van der Waals surface area contributed by atoms with E-state index in [-0.39, 0.29) is 0 Å². The van der Waals surface area contributed by atoms with Crippen molar-refractivity contribution in [3.8, 4) is 5.69 Å². The van der Waals surface area contributed by atoms with Gasteiger partial charge < -0.3 is 10.3 Å². The highest BCUT2D eigenvalue weighted by Gasteiger charge is 2.12. The Hall–Kier alpha value is -2.31. The van der Waals surface area contributed by atoms with Crippen LogP contribution in [0, 0.1) is 13.8 Å². The van der Waals surface area contributed by atoms with Crippen LogP contribution in [-0.2, 0) is 9.59 Å². The third kappa shape index (κ3) is 3.72. The summed E-state index contributed by atoms with van der Waals surface area (Å²) in [7, 11) is 0. The maximum absolute atomic E-state index is 11.1. The fourth-order valence-electron chi connectivity index (χ4n) is 2.17. The standard InChI is InChI=1S/C15H14Cl2N4O2/c1-8-5-10(7-19-20-15(23)14(18)22)9(2)21(8)13-4-3-11(16)6-12(13)17/h3-7H,1-2H3,(H2,18,22)(H,20,23)/b19-7-. The highest BCUT2D eigenvalue weighted by atomic mass is 35.5. The summed E-state index contributed by atoms with van der Waals surface area (Å²) in [6, 6.07) is 7.11. The summed E-state index contributed by atoms with van der Waals surface area (Å²) in [6.07, 6.45) is 1.43. The van der Waals surface area contributed by atoms with Crippen molar-refractivity contribution in [3.63, 3.8) is 0 Å². The van der Waals surface area contributed by atoms with Crippen LogP contribution in [-0.4, -0.2) is 22.6 Å².